The fourth-order valence-electron chi connectivity index (χ4n) is 3.31. The number of benzene rings is 1. The van der Waals surface area contributed by atoms with E-state index in [4.69, 9.17) is 4.74 Å². The third kappa shape index (κ3) is 3.91. The van der Waals surface area contributed by atoms with Crippen molar-refractivity contribution in [1.82, 2.24) is 4.90 Å². The van der Waals surface area contributed by atoms with E-state index in [9.17, 15) is 19.2 Å². The van der Waals surface area contributed by atoms with Gasteiger partial charge in [-0.25, -0.2) is 4.79 Å². The van der Waals surface area contributed by atoms with E-state index in [0.29, 0.717) is 29.2 Å². The number of anilines is 1. The number of amides is 4. The topological polar surface area (TPSA) is 108 Å². The van der Waals surface area contributed by atoms with Crippen LogP contribution in [0.5, 0.6) is 0 Å². The summed E-state index contributed by atoms with van der Waals surface area (Å²) in [7, 11) is 1.50. The first-order valence-electron chi connectivity index (χ1n) is 9.49. The van der Waals surface area contributed by atoms with Crippen molar-refractivity contribution in [2.45, 2.75) is 20.8 Å². The Balaban J connectivity index is 1.81. The van der Waals surface area contributed by atoms with Gasteiger partial charge in [-0.3, -0.25) is 14.4 Å². The molecule has 2 aliphatic heterocycles. The minimum Gasteiger partial charge on any atom is -0.496 e. The Morgan fingerprint density at radius 2 is 1.90 bits per heavy atom. The van der Waals surface area contributed by atoms with Crippen molar-refractivity contribution in [1.29, 1.82) is 0 Å². The lowest BCUT2D eigenvalue weighted by atomic mass is 9.96. The van der Waals surface area contributed by atoms with Crippen LogP contribution in [0.15, 0.2) is 40.6 Å². The zero-order valence-electron chi connectivity index (χ0n) is 17.3. The molecule has 1 aromatic rings. The number of nitrogens with one attached hydrogen (secondary N) is 1. The largest absolute Gasteiger partial charge is 0.496 e. The second kappa shape index (κ2) is 8.40. The summed E-state index contributed by atoms with van der Waals surface area (Å²) in [5, 5.41) is 2.63. The van der Waals surface area contributed by atoms with Crippen molar-refractivity contribution in [2.24, 2.45) is 10.9 Å². The highest BCUT2D eigenvalue weighted by Crippen LogP contribution is 2.28. The first-order chi connectivity index (χ1) is 14.2. The van der Waals surface area contributed by atoms with Gasteiger partial charge in [0.05, 0.1) is 13.7 Å². The number of ketones is 1. The summed E-state index contributed by atoms with van der Waals surface area (Å²) in [4.78, 5) is 54.8. The van der Waals surface area contributed by atoms with Crippen molar-refractivity contribution in [2.75, 3.05) is 25.5 Å². The summed E-state index contributed by atoms with van der Waals surface area (Å²) in [5.41, 5.74) is 1.66. The molecule has 0 spiro atoms. The smallest absolute Gasteiger partial charge is 0.446 e. The van der Waals surface area contributed by atoms with Gasteiger partial charge in [0.25, 0.3) is 11.7 Å². The Morgan fingerprint density at radius 1 is 1.23 bits per heavy atom. The lowest BCUT2D eigenvalue weighted by molar-refractivity contribution is -0.408. The SMILES string of the molecule is CCOC1=C(C)C=NC2=[N+](C)C(=O)N(CC(=O)Nc3ccc(C(C)=O)cc3)C(=O)C12. The maximum Gasteiger partial charge on any atom is 0.446 e. The number of rotatable bonds is 6. The van der Waals surface area contributed by atoms with Crippen LogP contribution >= 0.6 is 0 Å². The molecule has 0 radical (unpaired) electrons. The molecule has 2 heterocycles. The molecule has 2 aliphatic rings. The van der Waals surface area contributed by atoms with Crippen LogP contribution in [-0.4, -0.2) is 65.4 Å². The molecule has 0 saturated heterocycles. The van der Waals surface area contributed by atoms with Crippen molar-refractivity contribution < 1.29 is 28.5 Å². The number of fused-ring (bicyclic) bond motifs is 1. The van der Waals surface area contributed by atoms with Crippen molar-refractivity contribution >= 4 is 41.4 Å². The van der Waals surface area contributed by atoms with E-state index in [-0.39, 0.29) is 11.6 Å². The van der Waals surface area contributed by atoms with Gasteiger partial charge in [-0.15, -0.1) is 4.99 Å². The Bertz CT molecular complexity index is 1020. The van der Waals surface area contributed by atoms with E-state index < -0.39 is 30.3 Å². The quantitative estimate of drug-likeness (QED) is 0.568. The number of amidine groups is 1. The molecule has 9 nitrogen and oxygen atoms in total. The number of ether oxygens (including phenoxy) is 1. The fraction of sp³-hybridized carbons (Fsp3) is 0.333. The maximum atomic E-state index is 13.1. The van der Waals surface area contributed by atoms with Gasteiger partial charge in [0.1, 0.15) is 12.0 Å². The van der Waals surface area contributed by atoms with Gasteiger partial charge >= 0.3 is 11.9 Å². The molecular formula is C21H23N4O5+. The summed E-state index contributed by atoms with van der Waals surface area (Å²) in [6.45, 7) is 4.92. The van der Waals surface area contributed by atoms with Crippen LogP contribution in [0.25, 0.3) is 0 Å². The molecule has 1 N–H and O–H groups in total. The summed E-state index contributed by atoms with van der Waals surface area (Å²) < 4.78 is 6.90. The van der Waals surface area contributed by atoms with E-state index in [1.165, 1.54) is 18.5 Å². The number of dihydropyridines is 1. The lowest BCUT2D eigenvalue weighted by Gasteiger charge is -2.29. The number of urea groups is 1. The normalized spacial score (nSPS) is 18.5. The first kappa shape index (κ1) is 21.1. The van der Waals surface area contributed by atoms with Gasteiger partial charge in [0.2, 0.25) is 0 Å². The van der Waals surface area contributed by atoms with Gasteiger partial charge in [-0.05, 0) is 45.0 Å². The molecule has 0 aliphatic carbocycles. The van der Waals surface area contributed by atoms with E-state index >= 15 is 0 Å². The molecule has 1 unspecified atom stereocenters. The number of nitrogens with zero attached hydrogens (tertiary/aromatic N) is 3. The molecule has 3 rings (SSSR count). The van der Waals surface area contributed by atoms with Crippen LogP contribution in [0.2, 0.25) is 0 Å². The Morgan fingerprint density at radius 3 is 2.50 bits per heavy atom. The molecule has 1 aromatic carbocycles. The number of hydrogen-bond acceptors (Lipinski definition) is 6. The minimum absolute atomic E-state index is 0.0870. The van der Waals surface area contributed by atoms with Crippen LogP contribution in [0.1, 0.15) is 31.1 Å². The van der Waals surface area contributed by atoms with Gasteiger partial charge in [-0.2, -0.15) is 9.48 Å². The molecule has 0 fully saturated rings. The van der Waals surface area contributed by atoms with E-state index in [1.807, 2.05) is 0 Å². The molecule has 0 aromatic heterocycles. The number of imide groups is 1. The number of carbonyl (C=O) groups is 4. The molecule has 0 bridgehead atoms. The van der Waals surface area contributed by atoms with Crippen LogP contribution in [0.4, 0.5) is 10.5 Å². The van der Waals surface area contributed by atoms with Gasteiger partial charge in [-0.1, -0.05) is 0 Å². The number of Topliss-reactive ketones (excluding diaryl/α,β-unsaturated/α-hetero) is 1. The number of allylic oxidation sites excluding steroid dienone is 1. The highest BCUT2D eigenvalue weighted by Gasteiger charge is 2.50. The average molecular weight is 411 g/mol. The monoisotopic (exact) mass is 411 g/mol. The molecular weight excluding hydrogens is 388 g/mol. The second-order valence-electron chi connectivity index (χ2n) is 6.98. The average Bonchev–Trinajstić information content (AvgIpc) is 2.71. The van der Waals surface area contributed by atoms with Gasteiger partial charge < -0.3 is 10.1 Å². The Hall–Kier alpha value is -3.62. The van der Waals surface area contributed by atoms with Gasteiger partial charge in [0, 0.05) is 16.8 Å². The summed E-state index contributed by atoms with van der Waals surface area (Å²) in [6.07, 6.45) is 1.56. The minimum atomic E-state index is -0.875. The fourth-order valence-corrected chi connectivity index (χ4v) is 3.31. The molecule has 9 heteroatoms. The van der Waals surface area contributed by atoms with E-state index in [0.717, 1.165) is 4.90 Å². The Labute approximate surface area is 173 Å². The molecule has 1 atom stereocenters. The van der Waals surface area contributed by atoms with Crippen molar-refractivity contribution in [3.05, 3.63) is 41.2 Å². The third-order valence-electron chi connectivity index (χ3n) is 4.85. The first-order valence-corrected chi connectivity index (χ1v) is 9.49. The predicted molar refractivity (Wildman–Crippen MR) is 110 cm³/mol. The standard InChI is InChI=1S/C21H22N4O5/c1-5-30-18-12(2)10-22-19-17(18)20(28)25(21(29)24(19)4)11-16(27)23-15-8-6-14(7-9-15)13(3)26/h6-10,17H,5,11H2,1-4H3/p+1. The number of hydrogen-bond donors (Lipinski definition) is 1. The Kier molecular flexibility index (Phi) is 5.91. The van der Waals surface area contributed by atoms with E-state index in [2.05, 4.69) is 10.3 Å². The van der Waals surface area contributed by atoms with Crippen molar-refractivity contribution in [3.8, 4) is 0 Å². The zero-order valence-corrected chi connectivity index (χ0v) is 17.3. The van der Waals surface area contributed by atoms with Gasteiger partial charge in [0.15, 0.2) is 18.2 Å². The molecule has 0 saturated carbocycles. The van der Waals surface area contributed by atoms with Crippen LogP contribution in [0.3, 0.4) is 0 Å². The number of aliphatic imine (C=N–C) groups is 1. The predicted octanol–water partition coefficient (Wildman–Crippen LogP) is 1.84. The lowest BCUT2D eigenvalue weighted by Crippen LogP contribution is -2.56. The molecule has 4 amide bonds. The second-order valence-corrected chi connectivity index (χ2v) is 6.98. The molecule has 156 valence electrons. The van der Waals surface area contributed by atoms with E-state index in [1.54, 1.807) is 44.3 Å². The summed E-state index contributed by atoms with van der Waals surface area (Å²) >= 11 is 0. The highest BCUT2D eigenvalue weighted by molar-refractivity contribution is 6.17. The summed E-state index contributed by atoms with van der Waals surface area (Å²) in [6, 6.07) is 5.71. The zero-order chi connectivity index (χ0) is 22.0. The van der Waals surface area contributed by atoms with Crippen LogP contribution < -0.4 is 5.32 Å². The third-order valence-corrected chi connectivity index (χ3v) is 4.85. The highest BCUT2D eigenvalue weighted by atomic mass is 16.5. The maximum absolute atomic E-state index is 13.1. The number of carbonyl (C=O) groups excluding carboxylic acids is 4. The van der Waals surface area contributed by atoms with Crippen LogP contribution in [-0.2, 0) is 14.3 Å². The van der Waals surface area contributed by atoms with Crippen LogP contribution in [0, 0.1) is 5.92 Å². The molecule has 30 heavy (non-hydrogen) atoms. The van der Waals surface area contributed by atoms with Crippen molar-refractivity contribution in [3.63, 3.8) is 0 Å². The summed E-state index contributed by atoms with van der Waals surface area (Å²) in [5.74, 6) is -1.36.